The number of ether oxygens (including phenoxy) is 1. The number of nitrogens with one attached hydrogen (secondary N) is 1. The molecule has 0 radical (unpaired) electrons. The van der Waals surface area contributed by atoms with Gasteiger partial charge in [-0.1, -0.05) is 52.0 Å². The average molecular weight is 311 g/mol. The molecule has 1 amide bonds. The van der Waals surface area contributed by atoms with Crippen molar-refractivity contribution >= 4 is 11.6 Å². The summed E-state index contributed by atoms with van der Waals surface area (Å²) in [4.78, 5) is 12.0. The molecule has 0 aliphatic heterocycles. The molecule has 2 rings (SSSR count). The lowest BCUT2D eigenvalue weighted by atomic mass is 10.0. The van der Waals surface area contributed by atoms with Crippen molar-refractivity contribution in [3.8, 4) is 5.75 Å². The minimum atomic E-state index is -0.155. The van der Waals surface area contributed by atoms with Crippen LogP contribution in [0.15, 0.2) is 48.5 Å². The largest absolute Gasteiger partial charge is 0.484 e. The van der Waals surface area contributed by atoms with E-state index in [0.29, 0.717) is 11.8 Å². The zero-order valence-electron chi connectivity index (χ0n) is 14.3. The predicted molar refractivity (Wildman–Crippen MR) is 95.2 cm³/mol. The molecule has 0 aliphatic carbocycles. The van der Waals surface area contributed by atoms with Gasteiger partial charge in [0.15, 0.2) is 6.61 Å². The SMILES string of the molecule is CC(C)c1ccc(NC(=O)COc2cccc(C(C)C)c2)cc1. The van der Waals surface area contributed by atoms with Crippen molar-refractivity contribution in [2.75, 3.05) is 11.9 Å². The molecule has 0 spiro atoms. The van der Waals surface area contributed by atoms with Crippen LogP contribution in [-0.2, 0) is 4.79 Å². The summed E-state index contributed by atoms with van der Waals surface area (Å²) >= 11 is 0. The number of hydrogen-bond donors (Lipinski definition) is 1. The first-order valence-corrected chi connectivity index (χ1v) is 8.08. The van der Waals surface area contributed by atoms with Gasteiger partial charge in [0.1, 0.15) is 5.75 Å². The van der Waals surface area contributed by atoms with Crippen LogP contribution in [0.4, 0.5) is 5.69 Å². The maximum absolute atomic E-state index is 12.0. The fourth-order valence-electron chi connectivity index (χ4n) is 2.26. The lowest BCUT2D eigenvalue weighted by molar-refractivity contribution is -0.118. The van der Waals surface area contributed by atoms with E-state index in [1.165, 1.54) is 11.1 Å². The monoisotopic (exact) mass is 311 g/mol. The van der Waals surface area contributed by atoms with Gasteiger partial charge in [0.25, 0.3) is 5.91 Å². The molecule has 0 aromatic heterocycles. The summed E-state index contributed by atoms with van der Waals surface area (Å²) in [6.07, 6.45) is 0. The Labute approximate surface area is 138 Å². The van der Waals surface area contributed by atoms with E-state index in [1.54, 1.807) is 0 Å². The Morgan fingerprint density at radius 1 is 0.957 bits per heavy atom. The lowest BCUT2D eigenvalue weighted by Gasteiger charge is -2.11. The van der Waals surface area contributed by atoms with Gasteiger partial charge in [-0.05, 0) is 47.2 Å². The number of carbonyl (C=O) groups excluding carboxylic acids is 1. The van der Waals surface area contributed by atoms with Gasteiger partial charge < -0.3 is 10.1 Å². The summed E-state index contributed by atoms with van der Waals surface area (Å²) in [6, 6.07) is 15.8. The molecule has 0 unspecified atom stereocenters. The van der Waals surface area contributed by atoms with Crippen LogP contribution in [0.5, 0.6) is 5.75 Å². The number of hydrogen-bond acceptors (Lipinski definition) is 2. The normalized spacial score (nSPS) is 10.9. The highest BCUT2D eigenvalue weighted by Gasteiger charge is 2.06. The van der Waals surface area contributed by atoms with E-state index in [0.717, 1.165) is 11.4 Å². The van der Waals surface area contributed by atoms with Gasteiger partial charge in [-0.15, -0.1) is 0 Å². The first-order chi connectivity index (χ1) is 11.0. The fraction of sp³-hybridized carbons (Fsp3) is 0.350. The third-order valence-electron chi connectivity index (χ3n) is 3.76. The quantitative estimate of drug-likeness (QED) is 0.819. The standard InChI is InChI=1S/C20H25NO2/c1-14(2)16-8-10-18(11-9-16)21-20(22)13-23-19-7-5-6-17(12-19)15(3)4/h5-12,14-15H,13H2,1-4H3,(H,21,22). The number of amides is 1. The third-order valence-corrected chi connectivity index (χ3v) is 3.76. The van der Waals surface area contributed by atoms with Crippen LogP contribution in [-0.4, -0.2) is 12.5 Å². The second kappa shape index (κ2) is 7.82. The Hall–Kier alpha value is -2.29. The Kier molecular flexibility index (Phi) is 5.80. The molecule has 3 nitrogen and oxygen atoms in total. The van der Waals surface area contributed by atoms with Crippen LogP contribution in [0.25, 0.3) is 0 Å². The number of benzene rings is 2. The zero-order chi connectivity index (χ0) is 16.8. The minimum Gasteiger partial charge on any atom is -0.484 e. The fourth-order valence-corrected chi connectivity index (χ4v) is 2.26. The van der Waals surface area contributed by atoms with Gasteiger partial charge in [-0.3, -0.25) is 4.79 Å². The second-order valence-electron chi connectivity index (χ2n) is 6.34. The van der Waals surface area contributed by atoms with Crippen molar-refractivity contribution in [1.82, 2.24) is 0 Å². The van der Waals surface area contributed by atoms with Crippen molar-refractivity contribution in [1.29, 1.82) is 0 Å². The molecule has 0 fully saturated rings. The highest BCUT2D eigenvalue weighted by atomic mass is 16.5. The molecule has 0 saturated carbocycles. The van der Waals surface area contributed by atoms with Crippen molar-refractivity contribution in [3.63, 3.8) is 0 Å². The van der Waals surface area contributed by atoms with E-state index in [4.69, 9.17) is 4.74 Å². The molecule has 1 N–H and O–H groups in total. The summed E-state index contributed by atoms with van der Waals surface area (Å²) in [5.41, 5.74) is 3.25. The molecule has 2 aromatic rings. The highest BCUT2D eigenvalue weighted by Crippen LogP contribution is 2.20. The van der Waals surface area contributed by atoms with Crippen LogP contribution in [0, 0.1) is 0 Å². The highest BCUT2D eigenvalue weighted by molar-refractivity contribution is 5.91. The number of anilines is 1. The van der Waals surface area contributed by atoms with Gasteiger partial charge in [-0.2, -0.15) is 0 Å². The van der Waals surface area contributed by atoms with E-state index in [-0.39, 0.29) is 12.5 Å². The number of carbonyl (C=O) groups is 1. The molecule has 0 aliphatic rings. The molecular formula is C20H25NO2. The molecule has 23 heavy (non-hydrogen) atoms. The van der Waals surface area contributed by atoms with Gasteiger partial charge in [0.2, 0.25) is 0 Å². The van der Waals surface area contributed by atoms with Crippen LogP contribution in [0.2, 0.25) is 0 Å². The minimum absolute atomic E-state index is 0.00742. The molecule has 0 saturated heterocycles. The lowest BCUT2D eigenvalue weighted by Crippen LogP contribution is -2.20. The van der Waals surface area contributed by atoms with Crippen LogP contribution < -0.4 is 10.1 Å². The van der Waals surface area contributed by atoms with Gasteiger partial charge >= 0.3 is 0 Å². The Bertz CT molecular complexity index is 645. The Morgan fingerprint density at radius 3 is 2.22 bits per heavy atom. The van der Waals surface area contributed by atoms with E-state index in [1.807, 2.05) is 42.5 Å². The molecule has 0 heterocycles. The average Bonchev–Trinajstić information content (AvgIpc) is 2.53. The van der Waals surface area contributed by atoms with E-state index >= 15 is 0 Å². The van der Waals surface area contributed by atoms with E-state index in [9.17, 15) is 4.79 Å². The second-order valence-corrected chi connectivity index (χ2v) is 6.34. The zero-order valence-corrected chi connectivity index (χ0v) is 14.3. The molecule has 0 bridgehead atoms. The first kappa shape index (κ1) is 17.1. The molecular weight excluding hydrogens is 286 g/mol. The smallest absolute Gasteiger partial charge is 0.262 e. The van der Waals surface area contributed by atoms with Crippen LogP contribution >= 0.6 is 0 Å². The first-order valence-electron chi connectivity index (χ1n) is 8.08. The maximum atomic E-state index is 12.0. The summed E-state index contributed by atoms with van der Waals surface area (Å²) in [7, 11) is 0. The van der Waals surface area contributed by atoms with Crippen molar-refractivity contribution in [2.45, 2.75) is 39.5 Å². The van der Waals surface area contributed by atoms with Crippen LogP contribution in [0.3, 0.4) is 0 Å². The maximum Gasteiger partial charge on any atom is 0.262 e. The topological polar surface area (TPSA) is 38.3 Å². The molecule has 3 heteroatoms. The van der Waals surface area contributed by atoms with Crippen molar-refractivity contribution < 1.29 is 9.53 Å². The summed E-state index contributed by atoms with van der Waals surface area (Å²) in [6.45, 7) is 8.56. The summed E-state index contributed by atoms with van der Waals surface area (Å²) in [5, 5.41) is 2.85. The number of rotatable bonds is 6. The Balaban J connectivity index is 1.88. The van der Waals surface area contributed by atoms with Gasteiger partial charge in [0.05, 0.1) is 0 Å². The van der Waals surface area contributed by atoms with E-state index in [2.05, 4.69) is 39.1 Å². The molecule has 122 valence electrons. The van der Waals surface area contributed by atoms with Gasteiger partial charge in [-0.25, -0.2) is 0 Å². The Morgan fingerprint density at radius 2 is 1.61 bits per heavy atom. The van der Waals surface area contributed by atoms with Crippen molar-refractivity contribution in [3.05, 3.63) is 59.7 Å². The molecule has 0 atom stereocenters. The third kappa shape index (κ3) is 5.13. The van der Waals surface area contributed by atoms with Gasteiger partial charge in [0, 0.05) is 5.69 Å². The summed E-state index contributed by atoms with van der Waals surface area (Å²) < 4.78 is 5.58. The van der Waals surface area contributed by atoms with E-state index < -0.39 is 0 Å². The van der Waals surface area contributed by atoms with Crippen molar-refractivity contribution in [2.24, 2.45) is 0 Å². The summed E-state index contributed by atoms with van der Waals surface area (Å²) in [5.74, 6) is 1.49. The van der Waals surface area contributed by atoms with Crippen LogP contribution in [0.1, 0.15) is 50.7 Å². The molecule has 2 aromatic carbocycles. The predicted octanol–water partition coefficient (Wildman–Crippen LogP) is 4.95.